The maximum Gasteiger partial charge on any atom is 0.224 e. The Morgan fingerprint density at radius 3 is 2.71 bits per heavy atom. The van der Waals surface area contributed by atoms with Crippen LogP contribution in [0.15, 0.2) is 24.3 Å². The number of hydrogen-bond donors (Lipinski definition) is 1. The molecule has 2 aromatic rings. The minimum atomic E-state index is -0.318. The van der Waals surface area contributed by atoms with Crippen molar-refractivity contribution in [2.24, 2.45) is 0 Å². The summed E-state index contributed by atoms with van der Waals surface area (Å²) in [4.78, 5) is 10.9. The number of benzene rings is 1. The molecule has 7 heteroatoms. The second kappa shape index (κ2) is 9.05. The Hall–Kier alpha value is -2.31. The van der Waals surface area contributed by atoms with Gasteiger partial charge in [0.2, 0.25) is 5.28 Å². The first-order chi connectivity index (χ1) is 14.8. The van der Waals surface area contributed by atoms with Gasteiger partial charge < -0.3 is 14.8 Å². The van der Waals surface area contributed by atoms with Crippen LogP contribution in [0.1, 0.15) is 50.4 Å². The molecule has 6 nitrogen and oxygen atoms in total. The van der Waals surface area contributed by atoms with Crippen molar-refractivity contribution in [3.05, 3.63) is 46.4 Å². The zero-order chi connectivity index (χ0) is 22.0. The van der Waals surface area contributed by atoms with Crippen LogP contribution >= 0.6 is 11.6 Å². The molecule has 166 valence electrons. The third kappa shape index (κ3) is 5.49. The highest BCUT2D eigenvalue weighted by Gasteiger charge is 2.26. The molecule has 1 aromatic carbocycles. The number of rotatable bonds is 6. The fraction of sp³-hybridized carbons (Fsp3) is 0.500. The van der Waals surface area contributed by atoms with Gasteiger partial charge in [-0.05, 0) is 75.9 Å². The van der Waals surface area contributed by atoms with E-state index in [0.29, 0.717) is 17.9 Å². The number of nitrogens with zero attached hydrogens (tertiary/aromatic N) is 3. The van der Waals surface area contributed by atoms with E-state index in [4.69, 9.17) is 21.1 Å². The summed E-state index contributed by atoms with van der Waals surface area (Å²) in [6.07, 6.45) is 6.37. The fourth-order valence-electron chi connectivity index (χ4n) is 4.17. The van der Waals surface area contributed by atoms with Crippen molar-refractivity contribution in [3.8, 4) is 11.5 Å². The van der Waals surface area contributed by atoms with Gasteiger partial charge in [-0.15, -0.1) is 0 Å². The molecule has 0 amide bonds. The van der Waals surface area contributed by atoms with E-state index in [0.717, 1.165) is 61.1 Å². The van der Waals surface area contributed by atoms with E-state index >= 15 is 0 Å². The Morgan fingerprint density at radius 2 is 2.00 bits per heavy atom. The Kier molecular flexibility index (Phi) is 6.39. The molecule has 1 saturated heterocycles. The summed E-state index contributed by atoms with van der Waals surface area (Å²) in [5.74, 6) is 2.49. The molecule has 0 unspecified atom stereocenters. The van der Waals surface area contributed by atoms with Gasteiger partial charge in [-0.3, -0.25) is 4.90 Å². The summed E-state index contributed by atoms with van der Waals surface area (Å²) < 4.78 is 12.1. The lowest BCUT2D eigenvalue weighted by Gasteiger charge is -2.33. The maximum atomic E-state index is 6.18. The largest absolute Gasteiger partial charge is 0.490 e. The summed E-state index contributed by atoms with van der Waals surface area (Å²) in [7, 11) is 0. The molecule has 4 rings (SSSR count). The van der Waals surface area contributed by atoms with Crippen molar-refractivity contribution in [2.45, 2.75) is 58.7 Å². The number of likely N-dealkylation sites (tertiary alicyclic amines) is 1. The van der Waals surface area contributed by atoms with Gasteiger partial charge in [0, 0.05) is 43.0 Å². The standard InChI is InChI=1S/C24H31ClN4O2/c1-5-30-20-14-17(13-18-6-9-24(3,4)31-22(18)20)15-29-10-7-19(8-11-29)27-21-12-16(2)26-23(25)28-21/h6,9,12-14,19H,5,7-8,10-11,15H2,1-4H3,(H,26,27,28). The first kappa shape index (κ1) is 21.9. The van der Waals surface area contributed by atoms with E-state index in [1.807, 2.05) is 19.9 Å². The van der Waals surface area contributed by atoms with Crippen LogP contribution in [0.4, 0.5) is 5.82 Å². The van der Waals surface area contributed by atoms with E-state index in [1.54, 1.807) is 0 Å². The average Bonchev–Trinajstić information content (AvgIpc) is 2.69. The summed E-state index contributed by atoms with van der Waals surface area (Å²) in [6, 6.07) is 6.69. The molecule has 1 N–H and O–H groups in total. The summed E-state index contributed by atoms with van der Waals surface area (Å²) in [6.45, 7) is 11.6. The number of piperidine rings is 1. The van der Waals surface area contributed by atoms with Gasteiger partial charge in [-0.1, -0.05) is 6.08 Å². The third-order valence-corrected chi connectivity index (χ3v) is 5.81. The minimum Gasteiger partial charge on any atom is -0.490 e. The van der Waals surface area contributed by atoms with Crippen molar-refractivity contribution >= 4 is 23.5 Å². The first-order valence-electron chi connectivity index (χ1n) is 11.0. The lowest BCUT2D eigenvalue weighted by molar-refractivity contribution is 0.149. The van der Waals surface area contributed by atoms with Crippen molar-refractivity contribution in [1.29, 1.82) is 0 Å². The number of ether oxygens (including phenoxy) is 2. The highest BCUT2D eigenvalue weighted by Crippen LogP contribution is 2.40. The summed E-state index contributed by atoms with van der Waals surface area (Å²) in [5, 5.41) is 3.80. The smallest absolute Gasteiger partial charge is 0.224 e. The van der Waals surface area contributed by atoms with Crippen LogP contribution in [-0.2, 0) is 6.54 Å². The molecule has 0 aliphatic carbocycles. The van der Waals surface area contributed by atoms with Gasteiger partial charge in [0.15, 0.2) is 11.5 Å². The first-order valence-corrected chi connectivity index (χ1v) is 11.4. The Balaban J connectivity index is 1.40. The molecular weight excluding hydrogens is 412 g/mol. The van der Waals surface area contributed by atoms with Crippen molar-refractivity contribution in [1.82, 2.24) is 14.9 Å². The molecule has 1 fully saturated rings. The number of aryl methyl sites for hydroxylation is 1. The van der Waals surface area contributed by atoms with Crippen molar-refractivity contribution in [2.75, 3.05) is 25.0 Å². The van der Waals surface area contributed by atoms with Crippen molar-refractivity contribution in [3.63, 3.8) is 0 Å². The molecule has 0 saturated carbocycles. The average molecular weight is 443 g/mol. The van der Waals surface area contributed by atoms with E-state index < -0.39 is 0 Å². The minimum absolute atomic E-state index is 0.291. The van der Waals surface area contributed by atoms with Crippen molar-refractivity contribution < 1.29 is 9.47 Å². The molecular formula is C24H31ClN4O2. The van der Waals surface area contributed by atoms with Crippen LogP contribution in [0.25, 0.3) is 6.08 Å². The Labute approximate surface area is 189 Å². The van der Waals surface area contributed by atoms with Gasteiger partial charge in [-0.2, -0.15) is 0 Å². The van der Waals surface area contributed by atoms with Crippen LogP contribution in [0.3, 0.4) is 0 Å². The van der Waals surface area contributed by atoms with E-state index in [9.17, 15) is 0 Å². The molecule has 0 atom stereocenters. The van der Waals surface area contributed by atoms with Gasteiger partial charge in [0.25, 0.3) is 0 Å². The number of nitrogens with one attached hydrogen (secondary N) is 1. The van der Waals surface area contributed by atoms with Crippen LogP contribution in [-0.4, -0.2) is 46.2 Å². The van der Waals surface area contributed by atoms with Gasteiger partial charge >= 0.3 is 0 Å². The van der Waals surface area contributed by atoms with E-state index in [2.05, 4.69) is 58.3 Å². The molecule has 0 spiro atoms. The number of hydrogen-bond acceptors (Lipinski definition) is 6. The second-order valence-electron chi connectivity index (χ2n) is 8.84. The predicted octanol–water partition coefficient (Wildman–Crippen LogP) is 5.10. The van der Waals surface area contributed by atoms with E-state index in [-0.39, 0.29) is 5.60 Å². The van der Waals surface area contributed by atoms with Gasteiger partial charge in [0.05, 0.1) is 6.61 Å². The quantitative estimate of drug-likeness (QED) is 0.628. The molecule has 3 heterocycles. The molecule has 1 aromatic heterocycles. The fourth-order valence-corrected chi connectivity index (χ4v) is 4.39. The summed E-state index contributed by atoms with van der Waals surface area (Å²) >= 11 is 5.99. The normalized spacial score (nSPS) is 18.4. The Bertz CT molecular complexity index is 948. The Morgan fingerprint density at radius 1 is 1.23 bits per heavy atom. The highest BCUT2D eigenvalue weighted by atomic mass is 35.5. The topological polar surface area (TPSA) is 59.5 Å². The van der Waals surface area contributed by atoms with E-state index in [1.165, 1.54) is 5.56 Å². The number of aromatic nitrogens is 2. The SMILES string of the molecule is CCOc1cc(CN2CCC(Nc3cc(C)nc(Cl)n3)CC2)cc2c1OC(C)(C)C=C2. The zero-order valence-corrected chi connectivity index (χ0v) is 19.5. The molecule has 0 bridgehead atoms. The van der Waals surface area contributed by atoms with Gasteiger partial charge in [0.1, 0.15) is 11.4 Å². The zero-order valence-electron chi connectivity index (χ0n) is 18.7. The third-order valence-electron chi connectivity index (χ3n) is 5.65. The number of fused-ring (bicyclic) bond motifs is 1. The highest BCUT2D eigenvalue weighted by molar-refractivity contribution is 6.28. The van der Waals surface area contributed by atoms with Crippen LogP contribution < -0.4 is 14.8 Å². The number of halogens is 1. The van der Waals surface area contributed by atoms with Gasteiger partial charge in [-0.25, -0.2) is 9.97 Å². The van der Waals surface area contributed by atoms with Crippen LogP contribution in [0.5, 0.6) is 11.5 Å². The maximum absolute atomic E-state index is 6.18. The molecule has 31 heavy (non-hydrogen) atoms. The lowest BCUT2D eigenvalue weighted by atomic mass is 9.99. The second-order valence-corrected chi connectivity index (χ2v) is 9.18. The summed E-state index contributed by atoms with van der Waals surface area (Å²) in [5.41, 5.74) is 2.90. The predicted molar refractivity (Wildman–Crippen MR) is 125 cm³/mol. The molecule has 2 aliphatic rings. The lowest BCUT2D eigenvalue weighted by Crippen LogP contribution is -2.38. The van der Waals surface area contributed by atoms with Crippen LogP contribution in [0.2, 0.25) is 5.28 Å². The molecule has 0 radical (unpaired) electrons. The number of anilines is 1. The van der Waals surface area contributed by atoms with Crippen LogP contribution in [0, 0.1) is 6.92 Å². The molecule has 2 aliphatic heterocycles. The monoisotopic (exact) mass is 442 g/mol.